The zero-order valence-electron chi connectivity index (χ0n) is 17.8. The largest absolute Gasteiger partial charge is 0.497 e. The number of urea groups is 1. The molecule has 1 fully saturated rings. The lowest BCUT2D eigenvalue weighted by Crippen LogP contribution is -2.52. The van der Waals surface area contributed by atoms with Crippen molar-refractivity contribution in [3.05, 3.63) is 72.2 Å². The van der Waals surface area contributed by atoms with E-state index in [-0.39, 0.29) is 47.3 Å². The molecule has 2 aromatic carbocycles. The van der Waals surface area contributed by atoms with Gasteiger partial charge in [-0.1, -0.05) is 18.2 Å². The molecule has 0 saturated carbocycles. The molecule has 2 heterocycles. The van der Waals surface area contributed by atoms with Gasteiger partial charge in [-0.25, -0.2) is 14.2 Å². The molecular formula is C23H19F4N3O4. The van der Waals surface area contributed by atoms with E-state index in [1.54, 1.807) is 0 Å². The van der Waals surface area contributed by atoms with Gasteiger partial charge in [0.2, 0.25) is 5.88 Å². The van der Waals surface area contributed by atoms with Crippen LogP contribution in [0.1, 0.15) is 12.0 Å². The second-order valence-electron chi connectivity index (χ2n) is 7.30. The summed E-state index contributed by atoms with van der Waals surface area (Å²) >= 11 is 0. The summed E-state index contributed by atoms with van der Waals surface area (Å²) in [6, 6.07) is 11.6. The number of pyridine rings is 1. The van der Waals surface area contributed by atoms with Gasteiger partial charge in [-0.05, 0) is 30.3 Å². The molecule has 34 heavy (non-hydrogen) atoms. The lowest BCUT2D eigenvalue weighted by Gasteiger charge is -2.43. The van der Waals surface area contributed by atoms with Gasteiger partial charge in [-0.2, -0.15) is 13.2 Å². The van der Waals surface area contributed by atoms with Crippen LogP contribution in [0.15, 0.2) is 60.8 Å². The molecule has 1 aliphatic heterocycles. The molecule has 0 radical (unpaired) electrons. The number of hydrogen-bond donors (Lipinski definition) is 2. The number of carbonyl (C=O) groups excluding carboxylic acids is 1. The number of methoxy groups -OCH3 is 1. The van der Waals surface area contributed by atoms with Crippen LogP contribution in [-0.2, 0) is 10.3 Å². The van der Waals surface area contributed by atoms with Crippen LogP contribution in [-0.4, -0.2) is 30.9 Å². The Balaban J connectivity index is 1.56. The van der Waals surface area contributed by atoms with Crippen molar-refractivity contribution < 1.29 is 36.6 Å². The number of benzene rings is 2. The van der Waals surface area contributed by atoms with Crippen molar-refractivity contribution in [1.82, 2.24) is 4.98 Å². The van der Waals surface area contributed by atoms with Crippen molar-refractivity contribution in [3.63, 3.8) is 0 Å². The molecule has 178 valence electrons. The molecule has 4 rings (SSSR count). The number of hydrogen-bond acceptors (Lipinski definition) is 5. The third kappa shape index (κ3) is 4.46. The Kier molecular flexibility index (Phi) is 6.29. The minimum Gasteiger partial charge on any atom is -0.497 e. The number of nitrogens with one attached hydrogen (secondary N) is 2. The number of alkyl halides is 3. The summed E-state index contributed by atoms with van der Waals surface area (Å²) in [5.74, 6) is -0.721. The van der Waals surface area contributed by atoms with Gasteiger partial charge in [0, 0.05) is 24.2 Å². The third-order valence-electron chi connectivity index (χ3n) is 5.23. The maximum absolute atomic E-state index is 14.1. The van der Waals surface area contributed by atoms with E-state index < -0.39 is 23.6 Å². The van der Waals surface area contributed by atoms with Gasteiger partial charge in [-0.15, -0.1) is 0 Å². The number of para-hydroxylation sites is 1. The Morgan fingerprint density at radius 1 is 1.09 bits per heavy atom. The highest BCUT2D eigenvalue weighted by Gasteiger charge is 2.62. The summed E-state index contributed by atoms with van der Waals surface area (Å²) in [4.78, 5) is 16.5. The van der Waals surface area contributed by atoms with Crippen LogP contribution in [0.25, 0.3) is 0 Å². The maximum Gasteiger partial charge on any atom is 0.421 e. The van der Waals surface area contributed by atoms with Crippen LogP contribution in [0.4, 0.5) is 33.7 Å². The molecule has 1 aliphatic rings. The molecule has 3 aromatic rings. The van der Waals surface area contributed by atoms with Crippen LogP contribution in [0, 0.1) is 5.82 Å². The molecule has 7 nitrogen and oxygen atoms in total. The molecule has 1 atom stereocenters. The van der Waals surface area contributed by atoms with Crippen molar-refractivity contribution in [2.75, 3.05) is 24.4 Å². The molecule has 1 saturated heterocycles. The molecule has 1 unspecified atom stereocenters. The molecule has 2 amide bonds. The van der Waals surface area contributed by atoms with E-state index in [4.69, 9.17) is 14.2 Å². The lowest BCUT2D eigenvalue weighted by molar-refractivity contribution is -0.333. The van der Waals surface area contributed by atoms with E-state index in [0.29, 0.717) is 0 Å². The van der Waals surface area contributed by atoms with Gasteiger partial charge in [0.25, 0.3) is 0 Å². The Morgan fingerprint density at radius 2 is 1.82 bits per heavy atom. The number of nitrogens with zero attached hydrogens (tertiary/aromatic N) is 1. The minimum atomic E-state index is -4.65. The standard InChI is InChI=1S/C23H19F4N3O4/c1-32-14-8-9-17(16(24)13-14)29-21(31)30-18-6-4-11-28-20(18)34-19-7-3-2-5-15(19)22(10-12-33-22)23(25,26)27/h2-9,11,13H,10,12H2,1H3,(H2,29,30,31). The van der Waals surface area contributed by atoms with Gasteiger partial charge in [0.15, 0.2) is 5.60 Å². The van der Waals surface area contributed by atoms with Crippen molar-refractivity contribution in [2.24, 2.45) is 0 Å². The highest BCUT2D eigenvalue weighted by molar-refractivity contribution is 6.00. The molecule has 0 spiro atoms. The van der Waals surface area contributed by atoms with Crippen LogP contribution >= 0.6 is 0 Å². The first-order chi connectivity index (χ1) is 16.2. The van der Waals surface area contributed by atoms with Crippen LogP contribution in [0.3, 0.4) is 0 Å². The van der Waals surface area contributed by atoms with E-state index in [1.165, 1.54) is 61.8 Å². The van der Waals surface area contributed by atoms with Crippen molar-refractivity contribution in [3.8, 4) is 17.4 Å². The number of carbonyl (C=O) groups is 1. The second kappa shape index (κ2) is 9.18. The fraction of sp³-hybridized carbons (Fsp3) is 0.217. The van der Waals surface area contributed by atoms with Crippen molar-refractivity contribution >= 4 is 17.4 Å². The fourth-order valence-corrected chi connectivity index (χ4v) is 3.46. The number of amides is 2. The van der Waals surface area contributed by atoms with Gasteiger partial charge in [0.1, 0.15) is 23.0 Å². The molecular weight excluding hydrogens is 458 g/mol. The quantitative estimate of drug-likeness (QED) is 0.436. The molecule has 1 aromatic heterocycles. The molecule has 11 heteroatoms. The van der Waals surface area contributed by atoms with Gasteiger partial charge in [-0.3, -0.25) is 0 Å². The third-order valence-corrected chi connectivity index (χ3v) is 5.23. The topological polar surface area (TPSA) is 81.7 Å². The summed E-state index contributed by atoms with van der Waals surface area (Å²) in [5, 5.41) is 4.80. The SMILES string of the molecule is COc1ccc(NC(=O)Nc2cccnc2Oc2ccccc2C2(C(F)(F)F)CCO2)c(F)c1. The molecule has 2 N–H and O–H groups in total. The fourth-order valence-electron chi connectivity index (χ4n) is 3.46. The monoisotopic (exact) mass is 477 g/mol. The minimum absolute atomic E-state index is 0.0354. The van der Waals surface area contributed by atoms with Crippen LogP contribution in [0.2, 0.25) is 0 Å². The second-order valence-corrected chi connectivity index (χ2v) is 7.30. The summed E-state index contributed by atoms with van der Waals surface area (Å²) in [7, 11) is 1.38. The number of halogens is 4. The first-order valence-electron chi connectivity index (χ1n) is 10.1. The first kappa shape index (κ1) is 23.3. The van der Waals surface area contributed by atoms with Crippen LogP contribution in [0.5, 0.6) is 17.4 Å². The van der Waals surface area contributed by atoms with Gasteiger partial charge < -0.3 is 24.8 Å². The Morgan fingerprint density at radius 3 is 2.47 bits per heavy atom. The highest BCUT2D eigenvalue weighted by Crippen LogP contribution is 2.53. The zero-order chi connectivity index (χ0) is 24.3. The van der Waals surface area contributed by atoms with E-state index in [1.807, 2.05) is 0 Å². The smallest absolute Gasteiger partial charge is 0.421 e. The van der Waals surface area contributed by atoms with Crippen molar-refractivity contribution in [1.29, 1.82) is 0 Å². The van der Waals surface area contributed by atoms with E-state index in [0.717, 1.165) is 6.07 Å². The predicted molar refractivity (Wildman–Crippen MR) is 115 cm³/mol. The lowest BCUT2D eigenvalue weighted by atomic mass is 9.85. The van der Waals surface area contributed by atoms with E-state index in [2.05, 4.69) is 15.6 Å². The Hall–Kier alpha value is -3.86. The summed E-state index contributed by atoms with van der Waals surface area (Å²) < 4.78 is 71.1. The molecule has 0 bridgehead atoms. The number of ether oxygens (including phenoxy) is 3. The number of aromatic nitrogens is 1. The summed E-state index contributed by atoms with van der Waals surface area (Å²) in [6.07, 6.45) is -3.55. The number of anilines is 2. The average molecular weight is 477 g/mol. The van der Waals surface area contributed by atoms with Crippen molar-refractivity contribution in [2.45, 2.75) is 18.2 Å². The molecule has 0 aliphatic carbocycles. The normalized spacial score (nSPS) is 17.4. The first-order valence-corrected chi connectivity index (χ1v) is 10.1. The Bertz CT molecular complexity index is 1200. The van der Waals surface area contributed by atoms with Gasteiger partial charge in [0.05, 0.1) is 19.4 Å². The average Bonchev–Trinajstić information content (AvgIpc) is 2.76. The Labute approximate surface area is 191 Å². The summed E-state index contributed by atoms with van der Waals surface area (Å²) in [6.45, 7) is -0.0354. The summed E-state index contributed by atoms with van der Waals surface area (Å²) in [5.41, 5.74) is -2.73. The van der Waals surface area contributed by atoms with E-state index >= 15 is 0 Å². The predicted octanol–water partition coefficient (Wildman–Crippen LogP) is 5.84. The number of rotatable bonds is 6. The van der Waals surface area contributed by atoms with Gasteiger partial charge >= 0.3 is 12.2 Å². The van der Waals surface area contributed by atoms with Crippen LogP contribution < -0.4 is 20.1 Å². The zero-order valence-corrected chi connectivity index (χ0v) is 17.8. The maximum atomic E-state index is 14.1. The van der Waals surface area contributed by atoms with E-state index in [9.17, 15) is 22.4 Å². The highest BCUT2D eigenvalue weighted by atomic mass is 19.4.